The molecule has 0 unspecified atom stereocenters. The van der Waals surface area contributed by atoms with Crippen molar-refractivity contribution < 1.29 is 0 Å². The monoisotopic (exact) mass is 192 g/mol. The number of piperazine rings is 1. The van der Waals surface area contributed by atoms with Crippen LogP contribution in [0.25, 0.3) is 0 Å². The lowest BCUT2D eigenvalue weighted by Crippen LogP contribution is -2.43. The first-order valence-corrected chi connectivity index (χ1v) is 5.13. The second-order valence-corrected chi connectivity index (χ2v) is 3.72. The molecule has 0 aromatic rings. The van der Waals surface area contributed by atoms with E-state index in [0.717, 1.165) is 26.2 Å². The highest BCUT2D eigenvalue weighted by atomic mass is 15.2. The van der Waals surface area contributed by atoms with Crippen LogP contribution in [0.5, 0.6) is 0 Å². The predicted octanol–water partition coefficient (Wildman–Crippen LogP) is 1.88. The maximum Gasteiger partial charge on any atom is 0.0303 e. The molecule has 0 aromatic heterocycles. The zero-order chi connectivity index (χ0) is 10.4. The molecular weight excluding hydrogens is 172 g/mol. The van der Waals surface area contributed by atoms with Crippen molar-refractivity contribution in [3.63, 3.8) is 0 Å². The van der Waals surface area contributed by atoms with E-state index in [1.807, 2.05) is 12.2 Å². The number of hydrogen-bond acceptors (Lipinski definition) is 2. The summed E-state index contributed by atoms with van der Waals surface area (Å²) in [4.78, 5) is 4.79. The van der Waals surface area contributed by atoms with Gasteiger partial charge >= 0.3 is 0 Å². The Hall–Kier alpha value is -1.02. The van der Waals surface area contributed by atoms with E-state index < -0.39 is 0 Å². The molecule has 1 fully saturated rings. The molecule has 0 atom stereocenters. The summed E-state index contributed by atoms with van der Waals surface area (Å²) < 4.78 is 0. The highest BCUT2D eigenvalue weighted by Gasteiger charge is 2.12. The van der Waals surface area contributed by atoms with E-state index in [4.69, 9.17) is 0 Å². The van der Waals surface area contributed by atoms with Crippen LogP contribution in [0.1, 0.15) is 6.92 Å². The van der Waals surface area contributed by atoms with E-state index in [1.54, 1.807) is 6.08 Å². The molecule has 2 heteroatoms. The van der Waals surface area contributed by atoms with Gasteiger partial charge in [0.1, 0.15) is 0 Å². The molecule has 1 heterocycles. The SMILES string of the molecule is C=C/C=C\C=C(/C)N1CCN(C)CC1. The summed E-state index contributed by atoms with van der Waals surface area (Å²) in [6, 6.07) is 0. The Labute approximate surface area is 87.2 Å². The Bertz CT molecular complexity index is 233. The largest absolute Gasteiger partial charge is 0.372 e. The van der Waals surface area contributed by atoms with Gasteiger partial charge in [-0.1, -0.05) is 24.8 Å². The van der Waals surface area contributed by atoms with Crippen LogP contribution in [-0.2, 0) is 0 Å². The van der Waals surface area contributed by atoms with Gasteiger partial charge in [0.05, 0.1) is 0 Å². The summed E-state index contributed by atoms with van der Waals surface area (Å²) in [5, 5.41) is 0. The Morgan fingerprint density at radius 3 is 2.36 bits per heavy atom. The van der Waals surface area contributed by atoms with E-state index in [-0.39, 0.29) is 0 Å². The van der Waals surface area contributed by atoms with Crippen LogP contribution < -0.4 is 0 Å². The van der Waals surface area contributed by atoms with E-state index in [1.165, 1.54) is 5.70 Å². The van der Waals surface area contributed by atoms with Gasteiger partial charge < -0.3 is 9.80 Å². The minimum Gasteiger partial charge on any atom is -0.372 e. The third-order valence-corrected chi connectivity index (χ3v) is 2.59. The fraction of sp³-hybridized carbons (Fsp3) is 0.500. The molecule has 0 spiro atoms. The zero-order valence-electron chi connectivity index (χ0n) is 9.24. The van der Waals surface area contributed by atoms with Crippen LogP contribution in [0.15, 0.2) is 36.6 Å². The summed E-state index contributed by atoms with van der Waals surface area (Å²) in [5.74, 6) is 0. The van der Waals surface area contributed by atoms with Gasteiger partial charge in [0.2, 0.25) is 0 Å². The van der Waals surface area contributed by atoms with Gasteiger partial charge in [-0.05, 0) is 20.0 Å². The van der Waals surface area contributed by atoms with Gasteiger partial charge in [0, 0.05) is 31.9 Å². The Morgan fingerprint density at radius 2 is 1.79 bits per heavy atom. The Kier molecular flexibility index (Phi) is 4.47. The molecule has 14 heavy (non-hydrogen) atoms. The summed E-state index contributed by atoms with van der Waals surface area (Å²) in [6.45, 7) is 10.4. The summed E-state index contributed by atoms with van der Waals surface area (Å²) >= 11 is 0. The Morgan fingerprint density at radius 1 is 1.14 bits per heavy atom. The molecule has 1 aliphatic heterocycles. The maximum atomic E-state index is 3.64. The van der Waals surface area contributed by atoms with Gasteiger partial charge in [-0.15, -0.1) is 0 Å². The standard InChI is InChI=1S/C12H20N2/c1-4-5-6-7-12(2)14-10-8-13(3)9-11-14/h4-7H,1,8-11H2,2-3H3/b6-5-,12-7+. The van der Waals surface area contributed by atoms with Crippen LogP contribution in [-0.4, -0.2) is 43.0 Å². The van der Waals surface area contributed by atoms with Crippen molar-refractivity contribution in [3.05, 3.63) is 36.6 Å². The number of nitrogens with zero attached hydrogens (tertiary/aromatic N) is 2. The average Bonchev–Trinajstić information content (AvgIpc) is 2.19. The smallest absolute Gasteiger partial charge is 0.0303 e. The minimum atomic E-state index is 1.14. The molecule has 0 saturated carbocycles. The highest BCUT2D eigenvalue weighted by molar-refractivity contribution is 5.14. The molecule has 1 rings (SSSR count). The van der Waals surface area contributed by atoms with E-state index >= 15 is 0 Å². The fourth-order valence-corrected chi connectivity index (χ4v) is 1.54. The third kappa shape index (κ3) is 3.38. The van der Waals surface area contributed by atoms with Crippen molar-refractivity contribution in [2.45, 2.75) is 6.92 Å². The van der Waals surface area contributed by atoms with Crippen molar-refractivity contribution in [3.8, 4) is 0 Å². The minimum absolute atomic E-state index is 1.14. The molecule has 0 bridgehead atoms. The first-order chi connectivity index (χ1) is 6.74. The normalized spacial score (nSPS) is 20.4. The van der Waals surface area contributed by atoms with Gasteiger partial charge in [0.15, 0.2) is 0 Å². The fourth-order valence-electron chi connectivity index (χ4n) is 1.54. The number of hydrogen-bond donors (Lipinski definition) is 0. The third-order valence-electron chi connectivity index (χ3n) is 2.59. The van der Waals surface area contributed by atoms with Crippen LogP contribution in [0.2, 0.25) is 0 Å². The van der Waals surface area contributed by atoms with Crippen LogP contribution in [0.3, 0.4) is 0 Å². The van der Waals surface area contributed by atoms with Gasteiger partial charge in [-0.2, -0.15) is 0 Å². The van der Waals surface area contributed by atoms with Crippen LogP contribution in [0, 0.1) is 0 Å². The van der Waals surface area contributed by atoms with Crippen LogP contribution in [0.4, 0.5) is 0 Å². The Balaban J connectivity index is 2.44. The van der Waals surface area contributed by atoms with Crippen molar-refractivity contribution in [2.75, 3.05) is 33.2 Å². The average molecular weight is 192 g/mol. The summed E-state index contributed by atoms with van der Waals surface area (Å²) in [7, 11) is 2.17. The molecule has 0 aliphatic carbocycles. The number of allylic oxidation sites excluding steroid dienone is 5. The maximum absolute atomic E-state index is 3.64. The van der Waals surface area contributed by atoms with Crippen molar-refractivity contribution in [2.24, 2.45) is 0 Å². The van der Waals surface area contributed by atoms with Crippen LogP contribution >= 0.6 is 0 Å². The van der Waals surface area contributed by atoms with Gasteiger partial charge in [-0.3, -0.25) is 0 Å². The molecule has 78 valence electrons. The molecule has 1 aliphatic rings. The number of likely N-dealkylation sites (N-methyl/N-ethyl adjacent to an activating group) is 1. The molecule has 0 aromatic carbocycles. The summed E-state index contributed by atoms with van der Waals surface area (Å²) in [6.07, 6.45) is 7.95. The highest BCUT2D eigenvalue weighted by Crippen LogP contribution is 2.07. The lowest BCUT2D eigenvalue weighted by atomic mass is 10.3. The quantitative estimate of drug-likeness (QED) is 0.630. The topological polar surface area (TPSA) is 6.48 Å². The molecule has 2 nitrogen and oxygen atoms in total. The number of rotatable bonds is 3. The van der Waals surface area contributed by atoms with Crippen molar-refractivity contribution in [1.82, 2.24) is 9.80 Å². The first kappa shape index (κ1) is 11.1. The van der Waals surface area contributed by atoms with E-state index in [9.17, 15) is 0 Å². The summed E-state index contributed by atoms with van der Waals surface area (Å²) in [5.41, 5.74) is 1.34. The molecule has 0 amide bonds. The van der Waals surface area contributed by atoms with E-state index in [2.05, 4.69) is 36.4 Å². The molecule has 0 N–H and O–H groups in total. The van der Waals surface area contributed by atoms with E-state index in [0.29, 0.717) is 0 Å². The second kappa shape index (κ2) is 5.66. The van der Waals surface area contributed by atoms with Gasteiger partial charge in [0.25, 0.3) is 0 Å². The first-order valence-electron chi connectivity index (χ1n) is 5.13. The predicted molar refractivity (Wildman–Crippen MR) is 62.2 cm³/mol. The lowest BCUT2D eigenvalue weighted by Gasteiger charge is -2.34. The molecule has 0 radical (unpaired) electrons. The molecular formula is C12H20N2. The van der Waals surface area contributed by atoms with Gasteiger partial charge in [-0.25, -0.2) is 0 Å². The van der Waals surface area contributed by atoms with Crippen molar-refractivity contribution in [1.29, 1.82) is 0 Å². The zero-order valence-corrected chi connectivity index (χ0v) is 9.24. The lowest BCUT2D eigenvalue weighted by molar-refractivity contribution is 0.186. The van der Waals surface area contributed by atoms with Crippen molar-refractivity contribution >= 4 is 0 Å². The second-order valence-electron chi connectivity index (χ2n) is 3.72. The molecule has 1 saturated heterocycles.